The molecule has 1 aromatic heterocycles. The van der Waals surface area contributed by atoms with Gasteiger partial charge in [0, 0.05) is 24.1 Å². The molecule has 1 aliphatic rings. The summed E-state index contributed by atoms with van der Waals surface area (Å²) in [4.78, 5) is 35.2. The zero-order valence-electron chi connectivity index (χ0n) is 15.3. The Morgan fingerprint density at radius 3 is 2.50 bits per heavy atom. The second kappa shape index (κ2) is 7.92. The van der Waals surface area contributed by atoms with Gasteiger partial charge in [-0.05, 0) is 36.3 Å². The molecule has 1 aliphatic carbocycles. The quantitative estimate of drug-likeness (QED) is 0.445. The van der Waals surface area contributed by atoms with Crippen molar-refractivity contribution in [1.29, 1.82) is 0 Å². The molecule has 1 aromatic carbocycles. The predicted molar refractivity (Wildman–Crippen MR) is 104 cm³/mol. The normalized spacial score (nSPS) is 16.0. The number of ether oxygens (including phenoxy) is 2. The number of hydrogen-bond donors (Lipinski definition) is 0. The van der Waals surface area contributed by atoms with Crippen LogP contribution in [0, 0.1) is 5.92 Å². The molecule has 6 nitrogen and oxygen atoms in total. The number of fused-ring (bicyclic) bond motifs is 1. The molecule has 0 saturated heterocycles. The van der Waals surface area contributed by atoms with E-state index in [9.17, 15) is 14.4 Å². The third-order valence-electron chi connectivity index (χ3n) is 4.25. The first kappa shape index (κ1) is 19.1. The molecule has 0 radical (unpaired) electrons. The lowest BCUT2D eigenvalue weighted by atomic mass is 9.92. The van der Waals surface area contributed by atoms with Crippen molar-refractivity contribution in [3.05, 3.63) is 83.5 Å². The molecule has 1 atom stereocenters. The van der Waals surface area contributed by atoms with Crippen LogP contribution in [-0.2, 0) is 14.3 Å². The number of allylic oxidation sites excluding steroid dienone is 4. The predicted octanol–water partition coefficient (Wildman–Crippen LogP) is 3.92. The summed E-state index contributed by atoms with van der Waals surface area (Å²) in [6, 6.07) is 5.97. The summed E-state index contributed by atoms with van der Waals surface area (Å²) in [6.45, 7) is 8.62. The van der Waals surface area contributed by atoms with Crippen LogP contribution < -0.4 is 10.2 Å². The van der Waals surface area contributed by atoms with E-state index in [1.165, 1.54) is 12.1 Å². The summed E-state index contributed by atoms with van der Waals surface area (Å²) >= 11 is 0. The fourth-order valence-corrected chi connectivity index (χ4v) is 2.84. The minimum atomic E-state index is -0.610. The second-order valence-electron chi connectivity index (χ2n) is 6.25. The number of hydrogen-bond acceptors (Lipinski definition) is 6. The molecule has 1 heterocycles. The lowest BCUT2D eigenvalue weighted by Gasteiger charge is -2.20. The molecule has 0 aliphatic heterocycles. The number of carbonyl (C=O) groups excluding carboxylic acids is 2. The van der Waals surface area contributed by atoms with E-state index in [1.54, 1.807) is 24.3 Å². The first-order valence-corrected chi connectivity index (χ1v) is 8.58. The van der Waals surface area contributed by atoms with E-state index in [4.69, 9.17) is 13.9 Å². The maximum absolute atomic E-state index is 12.5. The lowest BCUT2D eigenvalue weighted by Crippen LogP contribution is -2.12. The Morgan fingerprint density at radius 2 is 1.82 bits per heavy atom. The van der Waals surface area contributed by atoms with Gasteiger partial charge in [-0.2, -0.15) is 0 Å². The van der Waals surface area contributed by atoms with Gasteiger partial charge in [-0.1, -0.05) is 26.2 Å². The van der Waals surface area contributed by atoms with Gasteiger partial charge in [0.25, 0.3) is 0 Å². The monoisotopic (exact) mass is 378 g/mol. The van der Waals surface area contributed by atoms with Gasteiger partial charge < -0.3 is 13.9 Å². The van der Waals surface area contributed by atoms with Gasteiger partial charge in [-0.15, -0.1) is 0 Å². The number of carbonyl (C=O) groups is 2. The Morgan fingerprint density at radius 1 is 1.11 bits per heavy atom. The number of rotatable bonds is 5. The van der Waals surface area contributed by atoms with Gasteiger partial charge >= 0.3 is 11.9 Å². The highest BCUT2D eigenvalue weighted by atomic mass is 16.5. The third-order valence-corrected chi connectivity index (χ3v) is 4.25. The summed E-state index contributed by atoms with van der Waals surface area (Å²) in [5.74, 6) is 0.0164. The summed E-state index contributed by atoms with van der Waals surface area (Å²) in [6.07, 6.45) is 6.14. The van der Waals surface area contributed by atoms with Crippen molar-refractivity contribution in [1.82, 2.24) is 0 Å². The van der Waals surface area contributed by atoms with Crippen molar-refractivity contribution in [2.75, 3.05) is 0 Å². The molecule has 28 heavy (non-hydrogen) atoms. The van der Waals surface area contributed by atoms with Crippen LogP contribution in [0.5, 0.6) is 5.75 Å². The van der Waals surface area contributed by atoms with E-state index < -0.39 is 11.9 Å². The topological polar surface area (TPSA) is 82.8 Å². The molecule has 0 N–H and O–H groups in total. The highest BCUT2D eigenvalue weighted by Crippen LogP contribution is 2.32. The van der Waals surface area contributed by atoms with Gasteiger partial charge in [-0.25, -0.2) is 9.59 Å². The zero-order chi connectivity index (χ0) is 20.3. The third kappa shape index (κ3) is 4.01. The van der Waals surface area contributed by atoms with Crippen molar-refractivity contribution in [3.8, 4) is 5.75 Å². The SMILES string of the molecule is C=CC(=O)OC1=CC=C(c2cc(=O)c3cc(OC(=O)C=C)ccc3o2)CC1C. The molecule has 0 amide bonds. The Hall–Kier alpha value is -3.67. The van der Waals surface area contributed by atoms with Gasteiger partial charge in [0.1, 0.15) is 22.9 Å². The molecule has 2 aromatic rings. The number of benzene rings is 1. The Kier molecular flexibility index (Phi) is 5.40. The molecule has 3 rings (SSSR count). The minimum Gasteiger partial charge on any atom is -0.456 e. The van der Waals surface area contributed by atoms with Crippen LogP contribution in [0.4, 0.5) is 0 Å². The van der Waals surface area contributed by atoms with E-state index in [2.05, 4.69) is 13.2 Å². The molecule has 0 spiro atoms. The Labute approximate surface area is 161 Å². The van der Waals surface area contributed by atoms with Crippen LogP contribution in [0.15, 0.2) is 76.7 Å². The molecule has 0 fully saturated rings. The highest BCUT2D eigenvalue weighted by molar-refractivity contribution is 5.85. The summed E-state index contributed by atoms with van der Waals surface area (Å²) in [7, 11) is 0. The van der Waals surface area contributed by atoms with Crippen molar-refractivity contribution in [2.24, 2.45) is 5.92 Å². The molecule has 142 valence electrons. The maximum atomic E-state index is 12.5. The molecular formula is C22H18O6. The largest absolute Gasteiger partial charge is 0.456 e. The van der Waals surface area contributed by atoms with Crippen LogP contribution >= 0.6 is 0 Å². The van der Waals surface area contributed by atoms with Crippen molar-refractivity contribution in [2.45, 2.75) is 13.3 Å². The van der Waals surface area contributed by atoms with Gasteiger partial charge in [0.15, 0.2) is 5.43 Å². The second-order valence-corrected chi connectivity index (χ2v) is 6.25. The van der Waals surface area contributed by atoms with E-state index in [0.29, 0.717) is 28.9 Å². The molecule has 1 unspecified atom stereocenters. The van der Waals surface area contributed by atoms with Crippen molar-refractivity contribution >= 4 is 28.5 Å². The van der Waals surface area contributed by atoms with Crippen molar-refractivity contribution in [3.63, 3.8) is 0 Å². The molecular weight excluding hydrogens is 360 g/mol. The minimum absolute atomic E-state index is 0.0643. The first-order valence-electron chi connectivity index (χ1n) is 8.58. The van der Waals surface area contributed by atoms with E-state index in [1.807, 2.05) is 6.92 Å². The van der Waals surface area contributed by atoms with Gasteiger partial charge in [0.2, 0.25) is 0 Å². The van der Waals surface area contributed by atoms with Crippen LogP contribution in [0.2, 0.25) is 0 Å². The fraction of sp³-hybridized carbons (Fsp3) is 0.136. The van der Waals surface area contributed by atoms with Crippen LogP contribution in [-0.4, -0.2) is 11.9 Å². The van der Waals surface area contributed by atoms with Crippen molar-refractivity contribution < 1.29 is 23.5 Å². The summed E-state index contributed by atoms with van der Waals surface area (Å²) in [5, 5.41) is 0.304. The van der Waals surface area contributed by atoms with Gasteiger partial charge in [-0.3, -0.25) is 4.79 Å². The standard InChI is InChI=1S/C22H18O6/c1-4-21(24)26-15-7-9-19-16(11-15)17(23)12-20(27-19)14-6-8-18(13(3)10-14)28-22(25)5-2/h4-9,11-13H,1-2,10H2,3H3. The Bertz CT molecular complexity index is 1100. The Balaban J connectivity index is 1.94. The summed E-state index contributed by atoms with van der Waals surface area (Å²) < 4.78 is 16.1. The highest BCUT2D eigenvalue weighted by Gasteiger charge is 2.21. The molecule has 0 saturated carbocycles. The molecule has 6 heteroatoms. The zero-order valence-corrected chi connectivity index (χ0v) is 15.3. The van der Waals surface area contributed by atoms with Crippen LogP contribution in [0.25, 0.3) is 16.5 Å². The van der Waals surface area contributed by atoms with Gasteiger partial charge in [0.05, 0.1) is 5.39 Å². The number of esters is 2. The average Bonchev–Trinajstić information content (AvgIpc) is 2.69. The first-order chi connectivity index (χ1) is 13.4. The van der Waals surface area contributed by atoms with E-state index >= 15 is 0 Å². The average molecular weight is 378 g/mol. The lowest BCUT2D eigenvalue weighted by molar-refractivity contribution is -0.134. The van der Waals surface area contributed by atoms with Crippen LogP contribution in [0.1, 0.15) is 19.1 Å². The molecule has 0 bridgehead atoms. The van der Waals surface area contributed by atoms with E-state index in [-0.39, 0.29) is 17.1 Å². The summed E-state index contributed by atoms with van der Waals surface area (Å²) in [5.41, 5.74) is 0.934. The fourth-order valence-electron chi connectivity index (χ4n) is 2.84. The van der Waals surface area contributed by atoms with E-state index in [0.717, 1.165) is 17.7 Å². The maximum Gasteiger partial charge on any atom is 0.335 e. The van der Waals surface area contributed by atoms with Crippen LogP contribution in [0.3, 0.4) is 0 Å². The smallest absolute Gasteiger partial charge is 0.335 e.